The third kappa shape index (κ3) is 1.11. The molecule has 0 aliphatic carbocycles. The van der Waals surface area contributed by atoms with Crippen LogP contribution in [-0.2, 0) is 0 Å². The highest BCUT2D eigenvalue weighted by Crippen LogP contribution is 2.28. The first-order valence-corrected chi connectivity index (χ1v) is 6.10. The van der Waals surface area contributed by atoms with Crippen molar-refractivity contribution in [3.63, 3.8) is 0 Å². The summed E-state index contributed by atoms with van der Waals surface area (Å²) in [5.41, 5.74) is 6.79. The summed E-state index contributed by atoms with van der Waals surface area (Å²) < 4.78 is 2.13. The van der Waals surface area contributed by atoms with E-state index in [9.17, 15) is 0 Å². The minimum absolute atomic E-state index is 0.993. The van der Waals surface area contributed by atoms with Crippen LogP contribution in [0.3, 0.4) is 0 Å². The topological polar surface area (TPSA) is 33.1 Å². The number of aromatic nitrogens is 3. The van der Waals surface area contributed by atoms with Crippen LogP contribution in [0.15, 0.2) is 36.5 Å². The van der Waals surface area contributed by atoms with Crippen LogP contribution in [0, 0.1) is 13.8 Å². The molecule has 0 saturated heterocycles. The fourth-order valence-corrected chi connectivity index (χ4v) is 2.66. The molecule has 1 N–H and O–H groups in total. The SMILES string of the molecule is Cc1ccc2nc3c4c(C)cccc4[nH]c3n2c1. The summed E-state index contributed by atoms with van der Waals surface area (Å²) in [6.45, 7) is 4.23. The zero-order chi connectivity index (χ0) is 12.3. The fourth-order valence-electron chi connectivity index (χ4n) is 2.66. The molecule has 0 bridgehead atoms. The number of aryl methyl sites for hydroxylation is 2. The first-order valence-electron chi connectivity index (χ1n) is 6.10. The van der Waals surface area contributed by atoms with Crippen LogP contribution >= 0.6 is 0 Å². The van der Waals surface area contributed by atoms with E-state index >= 15 is 0 Å². The van der Waals surface area contributed by atoms with Gasteiger partial charge in [-0.3, -0.25) is 4.40 Å². The van der Waals surface area contributed by atoms with Crippen LogP contribution in [0.2, 0.25) is 0 Å². The van der Waals surface area contributed by atoms with E-state index in [0.717, 1.165) is 22.3 Å². The van der Waals surface area contributed by atoms with E-state index in [0.29, 0.717) is 0 Å². The summed E-state index contributed by atoms with van der Waals surface area (Å²) in [5, 5.41) is 1.23. The van der Waals surface area contributed by atoms with Gasteiger partial charge < -0.3 is 4.98 Å². The zero-order valence-electron chi connectivity index (χ0n) is 10.4. The van der Waals surface area contributed by atoms with Gasteiger partial charge >= 0.3 is 0 Å². The maximum Gasteiger partial charge on any atom is 0.143 e. The molecule has 18 heavy (non-hydrogen) atoms. The van der Waals surface area contributed by atoms with E-state index < -0.39 is 0 Å². The lowest BCUT2D eigenvalue weighted by atomic mass is 10.1. The number of H-pyrrole nitrogens is 1. The third-order valence-corrected chi connectivity index (χ3v) is 3.53. The molecule has 4 aromatic rings. The zero-order valence-corrected chi connectivity index (χ0v) is 10.4. The Labute approximate surface area is 104 Å². The highest BCUT2D eigenvalue weighted by Gasteiger charge is 2.12. The molecule has 3 nitrogen and oxygen atoms in total. The number of benzene rings is 1. The van der Waals surface area contributed by atoms with Crippen molar-refractivity contribution in [3.05, 3.63) is 47.7 Å². The molecule has 0 radical (unpaired) electrons. The van der Waals surface area contributed by atoms with Crippen LogP contribution in [0.5, 0.6) is 0 Å². The average Bonchev–Trinajstić information content (AvgIpc) is 2.86. The van der Waals surface area contributed by atoms with Gasteiger partial charge in [-0.15, -0.1) is 0 Å². The van der Waals surface area contributed by atoms with Crippen molar-refractivity contribution in [2.75, 3.05) is 0 Å². The van der Waals surface area contributed by atoms with E-state index in [2.05, 4.69) is 59.8 Å². The monoisotopic (exact) mass is 235 g/mol. The highest BCUT2D eigenvalue weighted by molar-refractivity contribution is 6.06. The maximum atomic E-state index is 4.74. The molecule has 0 unspecified atom stereocenters. The first kappa shape index (κ1) is 9.71. The van der Waals surface area contributed by atoms with Gasteiger partial charge in [-0.1, -0.05) is 18.2 Å². The lowest BCUT2D eigenvalue weighted by Gasteiger charge is -1.96. The Morgan fingerprint density at radius 1 is 1.11 bits per heavy atom. The molecular formula is C15H13N3. The van der Waals surface area contributed by atoms with Crippen molar-refractivity contribution >= 4 is 27.7 Å². The highest BCUT2D eigenvalue weighted by atomic mass is 15.1. The molecule has 3 heteroatoms. The second-order valence-corrected chi connectivity index (χ2v) is 4.87. The van der Waals surface area contributed by atoms with Gasteiger partial charge in [0.25, 0.3) is 0 Å². The molecule has 0 saturated carbocycles. The Morgan fingerprint density at radius 2 is 2.00 bits per heavy atom. The largest absolute Gasteiger partial charge is 0.339 e. The van der Waals surface area contributed by atoms with Crippen molar-refractivity contribution in [1.29, 1.82) is 0 Å². The van der Waals surface area contributed by atoms with Crippen molar-refractivity contribution in [3.8, 4) is 0 Å². The van der Waals surface area contributed by atoms with Crippen molar-refractivity contribution in [2.45, 2.75) is 13.8 Å². The van der Waals surface area contributed by atoms with Crippen LogP contribution in [0.4, 0.5) is 0 Å². The molecule has 0 aliphatic rings. The smallest absolute Gasteiger partial charge is 0.143 e. The lowest BCUT2D eigenvalue weighted by molar-refractivity contribution is 1.17. The fraction of sp³-hybridized carbons (Fsp3) is 0.133. The van der Waals surface area contributed by atoms with E-state index in [1.807, 2.05) is 0 Å². The van der Waals surface area contributed by atoms with Gasteiger partial charge in [-0.05, 0) is 37.1 Å². The molecule has 88 valence electrons. The van der Waals surface area contributed by atoms with E-state index in [-0.39, 0.29) is 0 Å². The molecule has 0 spiro atoms. The molecule has 0 atom stereocenters. The summed E-state index contributed by atoms with van der Waals surface area (Å²) >= 11 is 0. The third-order valence-electron chi connectivity index (χ3n) is 3.53. The number of fused-ring (bicyclic) bond motifs is 5. The number of imidazole rings is 1. The molecule has 1 aromatic carbocycles. The Bertz CT molecular complexity index is 896. The maximum absolute atomic E-state index is 4.74. The van der Waals surface area contributed by atoms with E-state index in [1.54, 1.807) is 0 Å². The van der Waals surface area contributed by atoms with Crippen molar-refractivity contribution in [2.24, 2.45) is 0 Å². The standard InChI is InChI=1S/C15H13N3/c1-9-6-7-12-17-14-13-10(2)4-3-5-11(13)16-15(14)18(12)8-9/h3-8,16H,1-2H3. The summed E-state index contributed by atoms with van der Waals surface area (Å²) in [7, 11) is 0. The normalized spacial score (nSPS) is 11.9. The second kappa shape index (κ2) is 3.13. The number of rotatable bonds is 0. The quantitative estimate of drug-likeness (QED) is 0.496. The van der Waals surface area contributed by atoms with Gasteiger partial charge in [-0.25, -0.2) is 4.98 Å². The molecule has 3 heterocycles. The second-order valence-electron chi connectivity index (χ2n) is 4.87. The van der Waals surface area contributed by atoms with Gasteiger partial charge in [0.1, 0.15) is 16.8 Å². The van der Waals surface area contributed by atoms with Crippen molar-refractivity contribution in [1.82, 2.24) is 14.4 Å². The molecule has 0 amide bonds. The van der Waals surface area contributed by atoms with Crippen LogP contribution in [-0.4, -0.2) is 14.4 Å². The summed E-state index contributed by atoms with van der Waals surface area (Å²) in [5.74, 6) is 0. The van der Waals surface area contributed by atoms with E-state index in [4.69, 9.17) is 4.98 Å². The lowest BCUT2D eigenvalue weighted by Crippen LogP contribution is -1.86. The molecule has 4 rings (SSSR count). The minimum Gasteiger partial charge on any atom is -0.339 e. The minimum atomic E-state index is 0.993. The van der Waals surface area contributed by atoms with Crippen LogP contribution in [0.1, 0.15) is 11.1 Å². The number of nitrogens with one attached hydrogen (secondary N) is 1. The van der Waals surface area contributed by atoms with Gasteiger partial charge in [0.2, 0.25) is 0 Å². The summed E-state index contributed by atoms with van der Waals surface area (Å²) in [6.07, 6.45) is 2.12. The predicted octanol–water partition coefficient (Wildman–Crippen LogP) is 3.59. The molecule has 0 fully saturated rings. The molecule has 3 aromatic heterocycles. The summed E-state index contributed by atoms with van der Waals surface area (Å²) in [6, 6.07) is 10.5. The number of nitrogens with zero attached hydrogens (tertiary/aromatic N) is 2. The Hall–Kier alpha value is -2.29. The summed E-state index contributed by atoms with van der Waals surface area (Å²) in [4.78, 5) is 8.21. The first-order chi connectivity index (χ1) is 8.74. The van der Waals surface area contributed by atoms with Crippen LogP contribution in [0.25, 0.3) is 27.7 Å². The van der Waals surface area contributed by atoms with Gasteiger partial charge in [0.15, 0.2) is 0 Å². The number of aromatic amines is 1. The number of pyridine rings is 1. The van der Waals surface area contributed by atoms with Gasteiger partial charge in [0, 0.05) is 17.1 Å². The number of hydrogen-bond donors (Lipinski definition) is 1. The van der Waals surface area contributed by atoms with E-state index in [1.165, 1.54) is 16.5 Å². The van der Waals surface area contributed by atoms with Gasteiger partial charge in [0.05, 0.1) is 0 Å². The number of hydrogen-bond acceptors (Lipinski definition) is 1. The van der Waals surface area contributed by atoms with Crippen molar-refractivity contribution < 1.29 is 0 Å². The molecule has 0 aliphatic heterocycles. The Morgan fingerprint density at radius 3 is 2.89 bits per heavy atom. The Kier molecular flexibility index (Phi) is 1.69. The van der Waals surface area contributed by atoms with Crippen LogP contribution < -0.4 is 0 Å². The molecular weight excluding hydrogens is 222 g/mol. The van der Waals surface area contributed by atoms with Gasteiger partial charge in [-0.2, -0.15) is 0 Å². The average molecular weight is 235 g/mol. The predicted molar refractivity (Wildman–Crippen MR) is 74.0 cm³/mol. The Balaban J connectivity index is 2.31.